The molecule has 2 saturated heterocycles. The highest BCUT2D eigenvalue weighted by Crippen LogP contribution is 2.34. The summed E-state index contributed by atoms with van der Waals surface area (Å²) in [6.07, 6.45) is 5.46. The first-order chi connectivity index (χ1) is 13.1. The SMILES string of the molecule is C[NH+](Cc1ccc(N2CCOCC2)cc1)CN1C(=O)[C@H]2CC=CC[C@H]2C1=O. The van der Waals surface area contributed by atoms with Gasteiger partial charge in [0, 0.05) is 24.3 Å². The molecule has 2 fully saturated rings. The van der Waals surface area contributed by atoms with Gasteiger partial charge >= 0.3 is 0 Å². The molecule has 3 atom stereocenters. The minimum Gasteiger partial charge on any atom is -0.378 e. The quantitative estimate of drug-likeness (QED) is 0.604. The van der Waals surface area contributed by atoms with Crippen molar-refractivity contribution in [3.05, 3.63) is 42.0 Å². The maximum absolute atomic E-state index is 12.6. The fraction of sp³-hybridized carbons (Fsp3) is 0.524. The minimum absolute atomic E-state index is 0.0105. The topological polar surface area (TPSA) is 54.3 Å². The number of fused-ring (bicyclic) bond motifs is 1. The molecule has 6 nitrogen and oxygen atoms in total. The van der Waals surface area contributed by atoms with Crippen molar-refractivity contribution < 1.29 is 19.2 Å². The van der Waals surface area contributed by atoms with Gasteiger partial charge in [-0.2, -0.15) is 0 Å². The number of morpholine rings is 1. The molecule has 0 bridgehead atoms. The van der Waals surface area contributed by atoms with Gasteiger partial charge in [-0.25, -0.2) is 4.90 Å². The number of amides is 2. The van der Waals surface area contributed by atoms with E-state index in [1.54, 1.807) is 0 Å². The lowest BCUT2D eigenvalue weighted by Gasteiger charge is -2.29. The molecule has 1 N–H and O–H groups in total. The summed E-state index contributed by atoms with van der Waals surface area (Å²) < 4.78 is 5.40. The van der Waals surface area contributed by atoms with E-state index >= 15 is 0 Å². The predicted octanol–water partition coefficient (Wildman–Crippen LogP) is 0.447. The number of hydrogen-bond acceptors (Lipinski definition) is 4. The first kappa shape index (κ1) is 18.2. The highest BCUT2D eigenvalue weighted by atomic mass is 16.5. The summed E-state index contributed by atoms with van der Waals surface area (Å²) in [6, 6.07) is 8.60. The fourth-order valence-electron chi connectivity index (χ4n) is 4.35. The maximum atomic E-state index is 12.6. The van der Waals surface area contributed by atoms with Crippen LogP contribution in [0.3, 0.4) is 0 Å². The van der Waals surface area contributed by atoms with Crippen LogP contribution in [0.1, 0.15) is 18.4 Å². The Balaban J connectivity index is 1.34. The van der Waals surface area contributed by atoms with Crippen molar-refractivity contribution in [3.8, 4) is 0 Å². The van der Waals surface area contributed by atoms with E-state index in [2.05, 4.69) is 29.2 Å². The van der Waals surface area contributed by atoms with E-state index in [4.69, 9.17) is 4.74 Å². The largest absolute Gasteiger partial charge is 0.378 e. The molecular weight excluding hydrogens is 342 g/mol. The lowest BCUT2D eigenvalue weighted by Crippen LogP contribution is -3.09. The van der Waals surface area contributed by atoms with Crippen LogP contribution in [-0.4, -0.2) is 56.7 Å². The molecular formula is C21H28N3O3+. The Hall–Kier alpha value is -2.18. The van der Waals surface area contributed by atoms with Gasteiger partial charge in [-0.15, -0.1) is 0 Å². The van der Waals surface area contributed by atoms with Gasteiger partial charge in [-0.3, -0.25) is 9.59 Å². The Bertz CT molecular complexity index is 699. The van der Waals surface area contributed by atoms with Crippen LogP contribution in [0.15, 0.2) is 36.4 Å². The van der Waals surface area contributed by atoms with Crippen molar-refractivity contribution in [1.29, 1.82) is 0 Å². The number of anilines is 1. The van der Waals surface area contributed by atoms with Gasteiger partial charge in [-0.1, -0.05) is 24.3 Å². The van der Waals surface area contributed by atoms with Crippen molar-refractivity contribution in [3.63, 3.8) is 0 Å². The standard InChI is InChI=1S/C21H27N3O3/c1-22(15-24-20(25)18-4-2-3-5-19(18)21(24)26)14-16-6-8-17(9-7-16)23-10-12-27-13-11-23/h2-3,6-9,18-19H,4-5,10-15H2,1H3/p+1/t18-,19+. The van der Waals surface area contributed by atoms with E-state index < -0.39 is 0 Å². The summed E-state index contributed by atoms with van der Waals surface area (Å²) in [5.41, 5.74) is 2.43. The molecule has 0 aromatic heterocycles. The molecule has 2 amide bonds. The summed E-state index contributed by atoms with van der Waals surface area (Å²) in [5, 5.41) is 0. The molecule has 3 aliphatic rings. The number of nitrogens with zero attached hydrogens (tertiary/aromatic N) is 2. The van der Waals surface area contributed by atoms with Crippen LogP contribution < -0.4 is 9.80 Å². The van der Waals surface area contributed by atoms with E-state index in [1.165, 1.54) is 16.2 Å². The third-order valence-corrected chi connectivity index (χ3v) is 5.85. The lowest BCUT2D eigenvalue weighted by atomic mass is 9.85. The van der Waals surface area contributed by atoms with Gasteiger partial charge < -0.3 is 14.5 Å². The van der Waals surface area contributed by atoms with E-state index in [0.29, 0.717) is 19.5 Å². The Morgan fingerprint density at radius 2 is 1.59 bits per heavy atom. The third-order valence-electron chi connectivity index (χ3n) is 5.85. The number of hydrogen-bond donors (Lipinski definition) is 1. The third kappa shape index (κ3) is 3.77. The van der Waals surface area contributed by atoms with Crippen LogP contribution in [0, 0.1) is 11.8 Å². The van der Waals surface area contributed by atoms with E-state index in [1.807, 2.05) is 19.2 Å². The second-order valence-electron chi connectivity index (χ2n) is 7.82. The van der Waals surface area contributed by atoms with Gasteiger partial charge in [0.1, 0.15) is 6.54 Å². The highest BCUT2D eigenvalue weighted by molar-refractivity contribution is 6.05. The average molecular weight is 370 g/mol. The zero-order valence-corrected chi connectivity index (χ0v) is 15.9. The normalized spacial score (nSPS) is 26.4. The number of imide groups is 1. The zero-order valence-electron chi connectivity index (χ0n) is 15.9. The predicted molar refractivity (Wildman–Crippen MR) is 102 cm³/mol. The van der Waals surface area contributed by atoms with Gasteiger partial charge in [0.05, 0.1) is 32.1 Å². The van der Waals surface area contributed by atoms with Gasteiger partial charge in [0.2, 0.25) is 11.8 Å². The van der Waals surface area contributed by atoms with Crippen LogP contribution in [-0.2, 0) is 20.9 Å². The number of allylic oxidation sites excluding steroid dienone is 2. The van der Waals surface area contributed by atoms with E-state index in [-0.39, 0.29) is 23.7 Å². The number of likely N-dealkylation sites (tertiary alicyclic amines) is 1. The van der Waals surface area contributed by atoms with Gasteiger partial charge in [0.25, 0.3) is 0 Å². The Morgan fingerprint density at radius 3 is 2.19 bits per heavy atom. The molecule has 2 heterocycles. The number of rotatable bonds is 5. The molecule has 144 valence electrons. The first-order valence-corrected chi connectivity index (χ1v) is 9.86. The van der Waals surface area contributed by atoms with E-state index in [9.17, 15) is 9.59 Å². The number of ether oxygens (including phenoxy) is 1. The van der Waals surface area contributed by atoms with Crippen molar-refractivity contribution in [1.82, 2.24) is 4.90 Å². The Labute approximate surface area is 160 Å². The summed E-state index contributed by atoms with van der Waals surface area (Å²) in [6.45, 7) is 4.65. The molecule has 27 heavy (non-hydrogen) atoms. The fourth-order valence-corrected chi connectivity index (χ4v) is 4.35. The smallest absolute Gasteiger partial charge is 0.237 e. The van der Waals surface area contributed by atoms with Crippen LogP contribution >= 0.6 is 0 Å². The van der Waals surface area contributed by atoms with Crippen LogP contribution in [0.5, 0.6) is 0 Å². The second-order valence-corrected chi connectivity index (χ2v) is 7.82. The van der Waals surface area contributed by atoms with E-state index in [0.717, 1.165) is 37.7 Å². The molecule has 6 heteroatoms. The highest BCUT2D eigenvalue weighted by Gasteiger charge is 2.48. The van der Waals surface area contributed by atoms with Crippen LogP contribution in [0.2, 0.25) is 0 Å². The molecule has 2 aliphatic heterocycles. The van der Waals surface area contributed by atoms with Crippen molar-refractivity contribution in [2.45, 2.75) is 19.4 Å². The monoisotopic (exact) mass is 370 g/mol. The molecule has 0 saturated carbocycles. The average Bonchev–Trinajstić information content (AvgIpc) is 2.94. The lowest BCUT2D eigenvalue weighted by molar-refractivity contribution is -0.901. The zero-order chi connectivity index (χ0) is 18.8. The molecule has 0 spiro atoms. The van der Waals surface area contributed by atoms with Crippen molar-refractivity contribution in [2.75, 3.05) is 44.9 Å². The van der Waals surface area contributed by atoms with Gasteiger partial charge in [-0.05, 0) is 25.0 Å². The van der Waals surface area contributed by atoms with Gasteiger partial charge in [0.15, 0.2) is 6.67 Å². The summed E-state index contributed by atoms with van der Waals surface area (Å²) >= 11 is 0. The number of nitrogens with one attached hydrogen (secondary N) is 1. The maximum Gasteiger partial charge on any atom is 0.237 e. The molecule has 1 unspecified atom stereocenters. The minimum atomic E-state index is -0.136. The van der Waals surface area contributed by atoms with Crippen LogP contribution in [0.4, 0.5) is 5.69 Å². The van der Waals surface area contributed by atoms with Crippen LogP contribution in [0.25, 0.3) is 0 Å². The number of quaternary nitrogens is 1. The summed E-state index contributed by atoms with van der Waals surface area (Å²) in [7, 11) is 2.04. The molecule has 1 aromatic rings. The molecule has 1 aliphatic carbocycles. The second kappa shape index (κ2) is 7.82. The Morgan fingerprint density at radius 1 is 1.00 bits per heavy atom. The summed E-state index contributed by atoms with van der Waals surface area (Å²) in [4.78, 5) is 30.2. The molecule has 0 radical (unpaired) electrons. The number of carbonyl (C=O) groups is 2. The number of carbonyl (C=O) groups excluding carboxylic acids is 2. The molecule has 4 rings (SSSR count). The Kier molecular flexibility index (Phi) is 5.27. The van der Waals surface area contributed by atoms with Crippen molar-refractivity contribution >= 4 is 17.5 Å². The first-order valence-electron chi connectivity index (χ1n) is 9.86. The summed E-state index contributed by atoms with van der Waals surface area (Å²) in [5.74, 6) is -0.251. The number of benzene rings is 1. The van der Waals surface area contributed by atoms with Crippen molar-refractivity contribution in [2.24, 2.45) is 11.8 Å². The molecule has 1 aromatic carbocycles.